The van der Waals surface area contributed by atoms with Crippen molar-refractivity contribution in [1.82, 2.24) is 5.32 Å². The molecule has 0 aromatic heterocycles. The number of carbonyl (C=O) groups excluding carboxylic acids is 3. The van der Waals surface area contributed by atoms with E-state index in [1.807, 2.05) is 31.2 Å². The van der Waals surface area contributed by atoms with Crippen LogP contribution in [0.25, 0.3) is 6.08 Å². The molecule has 1 heterocycles. The van der Waals surface area contributed by atoms with Gasteiger partial charge in [0.15, 0.2) is 0 Å². The number of nitrogens with zero attached hydrogens (tertiary/aromatic N) is 1. The van der Waals surface area contributed by atoms with Gasteiger partial charge in [-0.15, -0.1) is 0 Å². The lowest BCUT2D eigenvalue weighted by Crippen LogP contribution is -2.54. The minimum atomic E-state index is -0.742. The molecule has 1 saturated heterocycles. The van der Waals surface area contributed by atoms with Gasteiger partial charge in [-0.05, 0) is 65.4 Å². The second-order valence-corrected chi connectivity index (χ2v) is 6.59. The number of imide groups is 2. The minimum absolute atomic E-state index is 0.0728. The Morgan fingerprint density at radius 3 is 2.21 bits per heavy atom. The van der Waals surface area contributed by atoms with Crippen LogP contribution in [0.2, 0.25) is 0 Å². The van der Waals surface area contributed by atoms with E-state index in [-0.39, 0.29) is 5.57 Å². The number of aryl methyl sites for hydroxylation is 1. The van der Waals surface area contributed by atoms with E-state index in [1.54, 1.807) is 24.3 Å². The van der Waals surface area contributed by atoms with E-state index >= 15 is 0 Å². The summed E-state index contributed by atoms with van der Waals surface area (Å²) in [5, 5.41) is 2.21. The Kier molecular flexibility index (Phi) is 4.48. The summed E-state index contributed by atoms with van der Waals surface area (Å²) in [6, 6.07) is 13.6. The zero-order valence-corrected chi connectivity index (χ0v) is 14.9. The number of anilines is 1. The lowest BCUT2D eigenvalue weighted by atomic mass is 10.1. The minimum Gasteiger partial charge on any atom is -0.273 e. The Bertz CT molecular complexity index is 855. The van der Waals surface area contributed by atoms with Crippen molar-refractivity contribution in [3.05, 3.63) is 68.8 Å². The SMILES string of the molecule is Cc1ccc(N2C(=O)NC(=O)/C(=C\c3ccc(I)cc3)C2=O)cc1. The smallest absolute Gasteiger partial charge is 0.273 e. The van der Waals surface area contributed by atoms with E-state index in [4.69, 9.17) is 0 Å². The van der Waals surface area contributed by atoms with Crippen LogP contribution in [0, 0.1) is 10.5 Å². The monoisotopic (exact) mass is 432 g/mol. The fraction of sp³-hybridized carbons (Fsp3) is 0.0556. The fourth-order valence-electron chi connectivity index (χ4n) is 2.31. The van der Waals surface area contributed by atoms with Crippen molar-refractivity contribution in [2.75, 3.05) is 4.90 Å². The van der Waals surface area contributed by atoms with E-state index in [9.17, 15) is 14.4 Å². The molecule has 4 amide bonds. The van der Waals surface area contributed by atoms with Crippen molar-refractivity contribution in [2.45, 2.75) is 6.92 Å². The standard InChI is InChI=1S/C18H13IN2O3/c1-11-2-8-14(9-3-11)21-17(23)15(16(22)20-18(21)24)10-12-4-6-13(19)7-5-12/h2-10H,1H3,(H,20,22,24)/b15-10+. The zero-order chi connectivity index (χ0) is 17.3. The number of urea groups is 1. The van der Waals surface area contributed by atoms with Crippen molar-refractivity contribution >= 4 is 52.2 Å². The van der Waals surface area contributed by atoms with Gasteiger partial charge in [0, 0.05) is 3.57 Å². The number of nitrogens with one attached hydrogen (secondary N) is 1. The molecule has 0 bridgehead atoms. The maximum absolute atomic E-state index is 12.7. The molecule has 24 heavy (non-hydrogen) atoms. The van der Waals surface area contributed by atoms with Crippen molar-refractivity contribution in [2.24, 2.45) is 0 Å². The Morgan fingerprint density at radius 2 is 1.58 bits per heavy atom. The Labute approximate surface area is 152 Å². The average molecular weight is 432 g/mol. The number of barbiturate groups is 1. The van der Waals surface area contributed by atoms with E-state index in [0.29, 0.717) is 11.3 Å². The molecule has 0 spiro atoms. The first-order chi connectivity index (χ1) is 11.5. The van der Waals surface area contributed by atoms with Crippen molar-refractivity contribution in [1.29, 1.82) is 0 Å². The third kappa shape index (κ3) is 3.23. The first kappa shape index (κ1) is 16.4. The second kappa shape index (κ2) is 6.56. The number of halogens is 1. The molecule has 0 saturated carbocycles. The van der Waals surface area contributed by atoms with Crippen LogP contribution in [0.1, 0.15) is 11.1 Å². The molecule has 5 nitrogen and oxygen atoms in total. The summed E-state index contributed by atoms with van der Waals surface area (Å²) in [5.74, 6) is -1.32. The maximum Gasteiger partial charge on any atom is 0.335 e. The number of carbonyl (C=O) groups is 3. The molecule has 0 aliphatic carbocycles. The Morgan fingerprint density at radius 1 is 0.958 bits per heavy atom. The molecule has 1 aliphatic heterocycles. The van der Waals surface area contributed by atoms with Crippen LogP contribution in [0.5, 0.6) is 0 Å². The number of hydrogen-bond donors (Lipinski definition) is 1. The molecule has 6 heteroatoms. The van der Waals surface area contributed by atoms with Crippen LogP contribution in [-0.2, 0) is 9.59 Å². The Hall–Kier alpha value is -2.48. The van der Waals surface area contributed by atoms with Crippen molar-refractivity contribution in [3.63, 3.8) is 0 Å². The highest BCUT2D eigenvalue weighted by atomic mass is 127. The average Bonchev–Trinajstić information content (AvgIpc) is 2.55. The lowest BCUT2D eigenvalue weighted by molar-refractivity contribution is -0.122. The normalized spacial score (nSPS) is 16.5. The van der Waals surface area contributed by atoms with Crippen LogP contribution < -0.4 is 10.2 Å². The van der Waals surface area contributed by atoms with Gasteiger partial charge < -0.3 is 0 Å². The van der Waals surface area contributed by atoms with Gasteiger partial charge in [-0.3, -0.25) is 14.9 Å². The van der Waals surface area contributed by atoms with Crippen LogP contribution in [0.15, 0.2) is 54.1 Å². The summed E-state index contributed by atoms with van der Waals surface area (Å²) < 4.78 is 1.05. The van der Waals surface area contributed by atoms with Crippen LogP contribution in [-0.4, -0.2) is 17.8 Å². The van der Waals surface area contributed by atoms with E-state index in [2.05, 4.69) is 27.9 Å². The second-order valence-electron chi connectivity index (χ2n) is 5.34. The van der Waals surface area contributed by atoms with Gasteiger partial charge in [0.05, 0.1) is 5.69 Å². The third-order valence-electron chi connectivity index (χ3n) is 3.57. The van der Waals surface area contributed by atoms with Gasteiger partial charge in [-0.1, -0.05) is 29.8 Å². The van der Waals surface area contributed by atoms with Crippen molar-refractivity contribution in [3.8, 4) is 0 Å². The summed E-state index contributed by atoms with van der Waals surface area (Å²) in [5.41, 5.74) is 2.07. The number of hydrogen-bond acceptors (Lipinski definition) is 3. The van der Waals surface area contributed by atoms with Gasteiger partial charge in [-0.2, -0.15) is 0 Å². The lowest BCUT2D eigenvalue weighted by Gasteiger charge is -2.26. The molecule has 0 unspecified atom stereocenters. The number of rotatable bonds is 2. The first-order valence-electron chi connectivity index (χ1n) is 7.19. The zero-order valence-electron chi connectivity index (χ0n) is 12.7. The number of benzene rings is 2. The molecule has 0 atom stereocenters. The largest absolute Gasteiger partial charge is 0.335 e. The summed E-state index contributed by atoms with van der Waals surface area (Å²) in [7, 11) is 0. The summed E-state index contributed by atoms with van der Waals surface area (Å²) in [6.07, 6.45) is 1.49. The maximum atomic E-state index is 12.7. The molecule has 2 aromatic carbocycles. The van der Waals surface area contributed by atoms with Gasteiger partial charge in [0.2, 0.25) is 0 Å². The molecule has 2 aromatic rings. The van der Waals surface area contributed by atoms with E-state index in [1.165, 1.54) is 6.08 Å². The van der Waals surface area contributed by atoms with Gasteiger partial charge in [-0.25, -0.2) is 9.69 Å². The van der Waals surface area contributed by atoms with Gasteiger partial charge in [0.1, 0.15) is 5.57 Å². The van der Waals surface area contributed by atoms with Crippen molar-refractivity contribution < 1.29 is 14.4 Å². The van der Waals surface area contributed by atoms with Crippen LogP contribution in [0.4, 0.5) is 10.5 Å². The molecular formula is C18H13IN2O3. The molecule has 3 rings (SSSR count). The van der Waals surface area contributed by atoms with Crippen LogP contribution in [0.3, 0.4) is 0 Å². The summed E-state index contributed by atoms with van der Waals surface area (Å²) in [6.45, 7) is 1.91. The summed E-state index contributed by atoms with van der Waals surface area (Å²) in [4.78, 5) is 37.8. The van der Waals surface area contributed by atoms with E-state index in [0.717, 1.165) is 14.0 Å². The fourth-order valence-corrected chi connectivity index (χ4v) is 2.67. The van der Waals surface area contributed by atoms with Gasteiger partial charge in [0.25, 0.3) is 11.8 Å². The molecule has 0 radical (unpaired) electrons. The van der Waals surface area contributed by atoms with E-state index < -0.39 is 17.8 Å². The predicted molar refractivity (Wildman–Crippen MR) is 99.3 cm³/mol. The highest BCUT2D eigenvalue weighted by Gasteiger charge is 2.36. The van der Waals surface area contributed by atoms with Crippen LogP contribution >= 0.6 is 22.6 Å². The topological polar surface area (TPSA) is 66.5 Å². The highest BCUT2D eigenvalue weighted by Crippen LogP contribution is 2.22. The number of amides is 4. The quantitative estimate of drug-likeness (QED) is 0.450. The highest BCUT2D eigenvalue weighted by molar-refractivity contribution is 14.1. The van der Waals surface area contributed by atoms with Gasteiger partial charge >= 0.3 is 6.03 Å². The Balaban J connectivity index is 1.99. The summed E-state index contributed by atoms with van der Waals surface area (Å²) >= 11 is 2.17. The first-order valence-corrected chi connectivity index (χ1v) is 8.27. The molecule has 1 fully saturated rings. The molecule has 120 valence electrons. The molecular weight excluding hydrogens is 419 g/mol. The third-order valence-corrected chi connectivity index (χ3v) is 4.29. The predicted octanol–water partition coefficient (Wildman–Crippen LogP) is 3.27. The molecule has 1 aliphatic rings. The molecule has 1 N–H and O–H groups in total.